The molecule has 2 atom stereocenters. The van der Waals surface area contributed by atoms with Gasteiger partial charge in [0.25, 0.3) is 0 Å². The summed E-state index contributed by atoms with van der Waals surface area (Å²) in [7, 11) is 2.26. The van der Waals surface area contributed by atoms with Crippen molar-refractivity contribution in [3.63, 3.8) is 0 Å². The first-order valence-corrected chi connectivity index (χ1v) is 4.08. The van der Waals surface area contributed by atoms with E-state index in [0.29, 0.717) is 13.2 Å². The molecule has 0 spiro atoms. The van der Waals surface area contributed by atoms with Gasteiger partial charge in [-0.3, -0.25) is 9.24 Å². The van der Waals surface area contributed by atoms with Crippen LogP contribution in [0.15, 0.2) is 0 Å². The zero-order valence-corrected chi connectivity index (χ0v) is 13.1. The van der Waals surface area contributed by atoms with Crippen LogP contribution in [0, 0.1) is 6.29 Å². The van der Waals surface area contributed by atoms with Gasteiger partial charge in [0.1, 0.15) is 6.10 Å². The average molecular weight is 262 g/mol. The maximum Gasteiger partial charge on any atom is 1.00 e. The first kappa shape index (κ1) is 13.5. The predicted molar refractivity (Wildman–Crippen MR) is 42.9 cm³/mol. The van der Waals surface area contributed by atoms with E-state index in [9.17, 15) is 4.79 Å². The van der Waals surface area contributed by atoms with Gasteiger partial charge in [0.15, 0.2) is 0 Å². The summed E-state index contributed by atoms with van der Waals surface area (Å²) >= 11 is 0. The maximum atomic E-state index is 10.8. The summed E-state index contributed by atoms with van der Waals surface area (Å²) < 4.78 is 9.95. The molecule has 1 N–H and O–H groups in total. The van der Waals surface area contributed by atoms with Crippen LogP contribution < -0.4 is 63.5 Å². The quantitative estimate of drug-likeness (QED) is 0.442. The van der Waals surface area contributed by atoms with Gasteiger partial charge in [-0.15, -0.1) is 0 Å². The molecule has 0 aromatic carbocycles. The topological polar surface area (TPSA) is 47.6 Å². The third-order valence-electron chi connectivity index (χ3n) is 1.36. The van der Waals surface area contributed by atoms with Gasteiger partial charge in [-0.05, 0) is 0 Å². The van der Waals surface area contributed by atoms with E-state index in [-0.39, 0.29) is 64.3 Å². The van der Waals surface area contributed by atoms with Gasteiger partial charge >= 0.3 is 64.3 Å². The van der Waals surface area contributed by atoms with E-state index in [1.165, 1.54) is 6.29 Å². The Bertz CT molecular complexity index is 141. The molecule has 0 radical (unpaired) electrons. The number of carbonyl (C=O) groups is 1. The summed E-state index contributed by atoms with van der Waals surface area (Å²) in [4.78, 5) is 10.8. The minimum absolute atomic E-state index is 0. The Morgan fingerprint density at radius 1 is 1.75 bits per heavy atom. The van der Waals surface area contributed by atoms with Gasteiger partial charge in [-0.2, -0.15) is 0 Å². The van der Waals surface area contributed by atoms with Crippen molar-refractivity contribution in [3.05, 3.63) is 6.29 Å². The Hall–Kier alpha value is 1.47. The van der Waals surface area contributed by atoms with E-state index in [1.54, 1.807) is 0 Å². The third-order valence-corrected chi connectivity index (χ3v) is 1.53. The van der Waals surface area contributed by atoms with Crippen molar-refractivity contribution < 1.29 is 72.5 Å². The smallest absolute Gasteiger partial charge is 0.466 e. The van der Waals surface area contributed by atoms with Crippen molar-refractivity contribution in [1.82, 2.24) is 5.32 Å². The molecule has 0 saturated carbocycles. The number of alkyl carbamates (subject to hydrolysis) is 1. The second-order valence-electron chi connectivity index (χ2n) is 2.20. The van der Waals surface area contributed by atoms with Crippen molar-refractivity contribution in [2.45, 2.75) is 12.5 Å². The molecule has 1 aliphatic heterocycles. The molecule has 4 nitrogen and oxygen atoms in total. The summed E-state index contributed by atoms with van der Waals surface area (Å²) in [5.74, 6) is 0. The number of amides is 1. The van der Waals surface area contributed by atoms with Crippen LogP contribution in [0.2, 0.25) is 0 Å². The molecule has 0 aromatic heterocycles. The number of carbonyl (C=O) groups excluding carboxylic acids is 1. The SMILES string of the molecule is O=C(N[CH-]P)OC1CCOC1.[Rb+]. The molecule has 0 aliphatic carbocycles. The van der Waals surface area contributed by atoms with Crippen molar-refractivity contribution >= 4 is 15.3 Å². The van der Waals surface area contributed by atoms with Crippen molar-refractivity contribution in [1.29, 1.82) is 0 Å². The van der Waals surface area contributed by atoms with E-state index in [4.69, 9.17) is 9.47 Å². The summed E-state index contributed by atoms with van der Waals surface area (Å²) in [5, 5.41) is 2.39. The summed E-state index contributed by atoms with van der Waals surface area (Å²) in [6, 6.07) is 0. The number of rotatable bonds is 2. The first-order chi connectivity index (χ1) is 5.33. The van der Waals surface area contributed by atoms with Gasteiger partial charge in [-0.25, -0.2) is 11.1 Å². The molecular formula is C6H11NO3PRb. The van der Waals surface area contributed by atoms with Gasteiger partial charge in [0.2, 0.25) is 0 Å². The van der Waals surface area contributed by atoms with Crippen LogP contribution >= 0.6 is 9.24 Å². The summed E-state index contributed by atoms with van der Waals surface area (Å²) in [6.07, 6.45) is 1.76. The molecule has 6 heteroatoms. The average Bonchev–Trinajstić information content (AvgIpc) is 2.40. The van der Waals surface area contributed by atoms with Gasteiger partial charge in [0.05, 0.1) is 13.2 Å². The van der Waals surface area contributed by atoms with Gasteiger partial charge in [0, 0.05) is 6.42 Å². The molecule has 64 valence electrons. The van der Waals surface area contributed by atoms with Gasteiger partial charge in [-0.1, -0.05) is 0 Å². The Morgan fingerprint density at radius 3 is 3.00 bits per heavy atom. The first-order valence-electron chi connectivity index (χ1n) is 3.41. The minimum atomic E-state index is -0.421. The minimum Gasteiger partial charge on any atom is -0.466 e. The fraction of sp³-hybridized carbons (Fsp3) is 0.667. The van der Waals surface area contributed by atoms with Crippen LogP contribution in [0.5, 0.6) is 0 Å². The molecule has 1 amide bonds. The molecule has 1 heterocycles. The van der Waals surface area contributed by atoms with Crippen LogP contribution in [-0.2, 0) is 9.47 Å². The standard InChI is InChI=1S/C6H11NO3P.Rb/c8-6(7-4-11)10-5-1-2-9-3-5;/h4-5H,1-3,11H2,(H,7,8);/q-1;+1. The molecule has 1 saturated heterocycles. The molecule has 1 aliphatic rings. The van der Waals surface area contributed by atoms with Crippen molar-refractivity contribution in [2.24, 2.45) is 0 Å². The maximum absolute atomic E-state index is 10.8. The second-order valence-corrected chi connectivity index (χ2v) is 2.54. The number of hydrogen-bond acceptors (Lipinski definition) is 3. The fourth-order valence-corrected chi connectivity index (χ4v) is 0.995. The van der Waals surface area contributed by atoms with Crippen molar-refractivity contribution in [3.8, 4) is 0 Å². The Morgan fingerprint density at radius 2 is 2.50 bits per heavy atom. The van der Waals surface area contributed by atoms with E-state index >= 15 is 0 Å². The number of hydrogen-bond donors (Lipinski definition) is 1. The Balaban J connectivity index is 0.00000121. The van der Waals surface area contributed by atoms with Crippen LogP contribution in [0.1, 0.15) is 6.42 Å². The molecule has 0 aromatic rings. The molecule has 0 bridgehead atoms. The van der Waals surface area contributed by atoms with E-state index in [2.05, 4.69) is 14.6 Å². The van der Waals surface area contributed by atoms with Crippen LogP contribution in [0.25, 0.3) is 0 Å². The largest absolute Gasteiger partial charge is 1.00 e. The van der Waals surface area contributed by atoms with Crippen LogP contribution in [0.3, 0.4) is 0 Å². The van der Waals surface area contributed by atoms with Crippen molar-refractivity contribution in [2.75, 3.05) is 13.2 Å². The Kier molecular flexibility index (Phi) is 8.79. The second kappa shape index (κ2) is 7.83. The third kappa shape index (κ3) is 5.25. The predicted octanol–water partition coefficient (Wildman–Crippen LogP) is -2.50. The fourth-order valence-electron chi connectivity index (χ4n) is 0.859. The molecule has 1 rings (SSSR count). The van der Waals surface area contributed by atoms with E-state index < -0.39 is 6.09 Å². The summed E-state index contributed by atoms with van der Waals surface area (Å²) in [6.45, 7) is 1.20. The zero-order valence-electron chi connectivity index (χ0n) is 7.08. The summed E-state index contributed by atoms with van der Waals surface area (Å²) in [5.41, 5.74) is 0. The normalized spacial score (nSPS) is 21.2. The van der Waals surface area contributed by atoms with E-state index in [1.807, 2.05) is 0 Å². The molecule has 12 heavy (non-hydrogen) atoms. The number of nitrogens with one attached hydrogen (secondary N) is 1. The van der Waals surface area contributed by atoms with Crippen LogP contribution in [-0.4, -0.2) is 25.4 Å². The van der Waals surface area contributed by atoms with Crippen LogP contribution in [0.4, 0.5) is 4.79 Å². The molecule has 1 fully saturated rings. The monoisotopic (exact) mass is 261 g/mol. The van der Waals surface area contributed by atoms with Gasteiger partial charge < -0.3 is 14.8 Å². The number of ether oxygens (including phenoxy) is 2. The Labute approximate surface area is 123 Å². The molecular weight excluding hydrogens is 251 g/mol. The molecule has 2 unspecified atom stereocenters. The zero-order chi connectivity index (χ0) is 8.10. The van der Waals surface area contributed by atoms with E-state index in [0.717, 1.165) is 6.42 Å².